The van der Waals surface area contributed by atoms with Crippen molar-refractivity contribution in [2.24, 2.45) is 5.73 Å². The number of benzene rings is 1. The first-order valence-corrected chi connectivity index (χ1v) is 18.4. The van der Waals surface area contributed by atoms with E-state index >= 15 is 0 Å². The Labute approximate surface area is 299 Å². The standard InChI is InChI=1S/C11H17N.C9H19N.C8H19NO2.C8H17NO.C4H11N/c1-11(2,3)12(4)10-8-6-5-7-9-10;1-9(2,3)10-7-5-4-6-8-10;1-8(2,3)9(4-6-10)5-7-11;1-8(2,3)9-4-6-10-7-5-9;1-4(2,3)5/h5-9H,1-4H3;4-8H2,1-3H3;10-11H,4-7H2,1-3H3;4-7H2,1-3H3;5H2,1-3H3. The van der Waals surface area contributed by atoms with Gasteiger partial charge in [0.15, 0.2) is 0 Å². The Balaban J connectivity index is 0. The van der Waals surface area contributed by atoms with Gasteiger partial charge in [0.05, 0.1) is 26.4 Å². The van der Waals surface area contributed by atoms with Gasteiger partial charge in [-0.1, -0.05) is 24.6 Å². The third kappa shape index (κ3) is 26.6. The zero-order valence-electron chi connectivity index (χ0n) is 34.7. The lowest BCUT2D eigenvalue weighted by Gasteiger charge is -2.38. The molecular weight excluding hydrogens is 598 g/mol. The molecule has 1 aromatic rings. The molecule has 0 spiro atoms. The Kier molecular flexibility index (Phi) is 23.7. The summed E-state index contributed by atoms with van der Waals surface area (Å²) in [5, 5.41) is 17.4. The Bertz CT molecular complexity index is 841. The number of morpholine rings is 1. The summed E-state index contributed by atoms with van der Waals surface area (Å²) in [6.45, 7) is 40.5. The molecule has 0 saturated carbocycles. The zero-order valence-corrected chi connectivity index (χ0v) is 34.7. The van der Waals surface area contributed by atoms with Crippen LogP contribution in [0.5, 0.6) is 0 Å². The van der Waals surface area contributed by atoms with Crippen molar-refractivity contribution in [3.8, 4) is 0 Å². The van der Waals surface area contributed by atoms with Gasteiger partial charge in [-0.05, 0) is 142 Å². The van der Waals surface area contributed by atoms with E-state index in [0.29, 0.717) is 24.2 Å². The maximum atomic E-state index is 8.70. The second-order valence-electron chi connectivity index (χ2n) is 18.0. The van der Waals surface area contributed by atoms with Crippen LogP contribution in [0.3, 0.4) is 0 Å². The molecule has 0 aromatic heterocycles. The number of rotatable bonds is 5. The molecule has 1 aromatic carbocycles. The highest BCUT2D eigenvalue weighted by molar-refractivity contribution is 5.47. The summed E-state index contributed by atoms with van der Waals surface area (Å²) in [7, 11) is 2.12. The molecule has 0 unspecified atom stereocenters. The van der Waals surface area contributed by atoms with E-state index in [0.717, 1.165) is 26.3 Å². The number of nitrogens with two attached hydrogens (primary N) is 1. The number of para-hydroxylation sites is 1. The minimum Gasteiger partial charge on any atom is -0.395 e. The Morgan fingerprint density at radius 2 is 1.00 bits per heavy atom. The van der Waals surface area contributed by atoms with Crippen molar-refractivity contribution in [3.63, 3.8) is 0 Å². The van der Waals surface area contributed by atoms with Crippen molar-refractivity contribution in [1.82, 2.24) is 14.7 Å². The van der Waals surface area contributed by atoms with Crippen molar-refractivity contribution < 1.29 is 14.9 Å². The molecule has 2 aliphatic rings. The van der Waals surface area contributed by atoms with Crippen LogP contribution in [0, 0.1) is 0 Å². The number of hydrogen-bond donors (Lipinski definition) is 3. The summed E-state index contributed by atoms with van der Waals surface area (Å²) >= 11 is 0. The van der Waals surface area contributed by atoms with Gasteiger partial charge in [-0.3, -0.25) is 14.7 Å². The van der Waals surface area contributed by atoms with Crippen molar-refractivity contribution in [2.75, 3.05) is 77.6 Å². The third-order valence-electron chi connectivity index (χ3n) is 8.10. The highest BCUT2D eigenvalue weighted by Crippen LogP contribution is 2.21. The normalized spacial score (nSPS) is 16.6. The summed E-state index contributed by atoms with van der Waals surface area (Å²) in [5.74, 6) is 0. The van der Waals surface area contributed by atoms with Crippen LogP contribution in [-0.2, 0) is 4.74 Å². The fraction of sp³-hybridized carbons (Fsp3) is 0.850. The number of likely N-dealkylation sites (tertiary alicyclic amines) is 1. The van der Waals surface area contributed by atoms with Gasteiger partial charge in [-0.2, -0.15) is 0 Å². The van der Waals surface area contributed by atoms with Crippen molar-refractivity contribution in [1.29, 1.82) is 0 Å². The molecule has 8 heteroatoms. The van der Waals surface area contributed by atoms with Gasteiger partial charge in [-0.15, -0.1) is 0 Å². The Morgan fingerprint density at radius 3 is 1.27 bits per heavy atom. The zero-order chi connectivity index (χ0) is 37.8. The number of piperidine rings is 1. The fourth-order valence-corrected chi connectivity index (χ4v) is 4.86. The smallest absolute Gasteiger partial charge is 0.0594 e. The van der Waals surface area contributed by atoms with Gasteiger partial charge >= 0.3 is 0 Å². The molecule has 8 nitrogen and oxygen atoms in total. The van der Waals surface area contributed by atoms with Gasteiger partial charge in [0.2, 0.25) is 0 Å². The molecule has 2 fully saturated rings. The quantitative estimate of drug-likeness (QED) is 0.303. The summed E-state index contributed by atoms with van der Waals surface area (Å²) in [6.07, 6.45) is 4.24. The molecule has 2 saturated heterocycles. The number of β-amino-alcohol motifs (C(OH)–C–C–N with tert-alkyl or cyclic N) is 2. The molecular formula is C40H83N5O3. The number of hydrogen-bond acceptors (Lipinski definition) is 8. The number of aliphatic hydroxyl groups excluding tert-OH is 2. The van der Waals surface area contributed by atoms with E-state index in [1.54, 1.807) is 0 Å². The summed E-state index contributed by atoms with van der Waals surface area (Å²) < 4.78 is 5.25. The van der Waals surface area contributed by atoms with Crippen LogP contribution in [0.4, 0.5) is 5.69 Å². The first-order chi connectivity index (χ1) is 21.7. The van der Waals surface area contributed by atoms with E-state index in [1.165, 1.54) is 38.0 Å². The van der Waals surface area contributed by atoms with Crippen LogP contribution in [0.1, 0.15) is 123 Å². The van der Waals surface area contributed by atoms with Crippen LogP contribution in [0.2, 0.25) is 0 Å². The second kappa shape index (κ2) is 23.3. The first kappa shape index (κ1) is 48.9. The molecule has 0 bridgehead atoms. The Hall–Kier alpha value is -1.26. The van der Waals surface area contributed by atoms with Crippen molar-refractivity contribution >= 4 is 5.69 Å². The van der Waals surface area contributed by atoms with Crippen LogP contribution in [0.25, 0.3) is 0 Å². The maximum Gasteiger partial charge on any atom is 0.0594 e. The minimum atomic E-state index is 0. The second-order valence-corrected chi connectivity index (χ2v) is 18.0. The van der Waals surface area contributed by atoms with Gasteiger partial charge in [0.1, 0.15) is 0 Å². The highest BCUT2D eigenvalue weighted by Gasteiger charge is 2.23. The summed E-state index contributed by atoms with van der Waals surface area (Å²) in [5.41, 5.74) is 7.58. The topological polar surface area (TPSA) is 88.7 Å². The molecule has 2 heterocycles. The SMILES string of the molecule is CC(C)(C)N.CC(C)(C)N(CCO)CCO.CC(C)(C)N1CCCCC1.CC(C)(C)N1CCOCC1.CN(c1ccccc1)C(C)(C)C. The minimum absolute atomic E-state index is 0. The van der Waals surface area contributed by atoms with Gasteiger partial charge in [-0.25, -0.2) is 0 Å². The number of ether oxygens (including phenoxy) is 1. The molecule has 0 radical (unpaired) electrons. The predicted octanol–water partition coefficient (Wildman–Crippen LogP) is 7.12. The molecule has 48 heavy (non-hydrogen) atoms. The van der Waals surface area contributed by atoms with Crippen LogP contribution < -0.4 is 10.6 Å². The summed E-state index contributed by atoms with van der Waals surface area (Å²) in [6, 6.07) is 10.4. The molecule has 0 atom stereocenters. The lowest BCUT2D eigenvalue weighted by Crippen LogP contribution is -2.47. The molecule has 2 aliphatic heterocycles. The molecule has 286 valence electrons. The van der Waals surface area contributed by atoms with Gasteiger partial charge < -0.3 is 25.6 Å². The molecule has 0 amide bonds. The number of aliphatic hydroxyl groups is 2. The van der Waals surface area contributed by atoms with Crippen LogP contribution in [-0.4, -0.2) is 125 Å². The van der Waals surface area contributed by atoms with Crippen molar-refractivity contribution in [2.45, 2.75) is 151 Å². The van der Waals surface area contributed by atoms with Gasteiger partial charge in [0, 0.05) is 66.6 Å². The first-order valence-electron chi connectivity index (χ1n) is 18.4. The third-order valence-corrected chi connectivity index (χ3v) is 8.10. The number of nitrogens with zero attached hydrogens (tertiary/aromatic N) is 4. The van der Waals surface area contributed by atoms with E-state index in [9.17, 15) is 0 Å². The molecule has 3 rings (SSSR count). The number of anilines is 1. The maximum absolute atomic E-state index is 8.70. The van der Waals surface area contributed by atoms with E-state index in [-0.39, 0.29) is 29.8 Å². The van der Waals surface area contributed by atoms with Crippen LogP contribution in [0.15, 0.2) is 30.3 Å². The predicted molar refractivity (Wildman–Crippen MR) is 211 cm³/mol. The van der Waals surface area contributed by atoms with E-state index in [1.807, 2.05) is 31.7 Å². The average molecular weight is 682 g/mol. The van der Waals surface area contributed by atoms with E-state index in [2.05, 4.69) is 129 Å². The lowest BCUT2D eigenvalue weighted by molar-refractivity contribution is -0.00389. The van der Waals surface area contributed by atoms with E-state index in [4.69, 9.17) is 20.7 Å². The lowest BCUT2D eigenvalue weighted by atomic mass is 10.0. The van der Waals surface area contributed by atoms with E-state index < -0.39 is 0 Å². The summed E-state index contributed by atoms with van der Waals surface area (Å²) in [4.78, 5) is 9.35. The monoisotopic (exact) mass is 682 g/mol. The van der Waals surface area contributed by atoms with Crippen LogP contribution >= 0.6 is 0 Å². The highest BCUT2D eigenvalue weighted by atomic mass is 16.5. The fourth-order valence-electron chi connectivity index (χ4n) is 4.86. The average Bonchev–Trinajstić information content (AvgIpc) is 2.96. The van der Waals surface area contributed by atoms with Crippen molar-refractivity contribution in [3.05, 3.63) is 30.3 Å². The Morgan fingerprint density at radius 1 is 0.625 bits per heavy atom. The largest absolute Gasteiger partial charge is 0.395 e. The van der Waals surface area contributed by atoms with Gasteiger partial charge in [0.25, 0.3) is 0 Å². The molecule has 4 N–H and O–H groups in total. The molecule has 0 aliphatic carbocycles.